The molecule has 0 saturated carbocycles. The lowest BCUT2D eigenvalue weighted by molar-refractivity contribution is 0.276. The van der Waals surface area contributed by atoms with Gasteiger partial charge >= 0.3 is 0 Å². The van der Waals surface area contributed by atoms with E-state index < -0.39 is 0 Å². The lowest BCUT2D eigenvalue weighted by atomic mass is 10.0. The zero-order chi connectivity index (χ0) is 13.5. The minimum absolute atomic E-state index is 0. The molecule has 0 spiro atoms. The number of hydrogen-bond acceptors (Lipinski definition) is 2. The van der Waals surface area contributed by atoms with Crippen molar-refractivity contribution in [3.8, 4) is 0 Å². The molecule has 20 heavy (non-hydrogen) atoms. The van der Waals surface area contributed by atoms with Crippen molar-refractivity contribution in [2.75, 3.05) is 6.61 Å². The molecule has 0 aliphatic heterocycles. The average molecular weight is 290 g/mol. The molecule has 2 aromatic rings. The van der Waals surface area contributed by atoms with E-state index >= 15 is 0 Å². The van der Waals surface area contributed by atoms with E-state index in [2.05, 4.69) is 24.3 Å². The normalized spacial score (nSPS) is 12.1. The SMILES string of the molecule is Cl.NC(CCO)c1ccc(/C=C/c2ccccc2)cc1. The first-order chi connectivity index (χ1) is 9.29. The summed E-state index contributed by atoms with van der Waals surface area (Å²) in [6, 6.07) is 18.2. The fraction of sp³-hybridized carbons (Fsp3) is 0.176. The van der Waals surface area contributed by atoms with E-state index in [9.17, 15) is 0 Å². The molecular formula is C17H20ClNO. The van der Waals surface area contributed by atoms with Gasteiger partial charge in [0.05, 0.1) is 0 Å². The molecule has 1 atom stereocenters. The van der Waals surface area contributed by atoms with Gasteiger partial charge in [-0.2, -0.15) is 0 Å². The Hall–Kier alpha value is -1.61. The number of aliphatic hydroxyl groups excluding tert-OH is 1. The quantitative estimate of drug-likeness (QED) is 0.825. The van der Waals surface area contributed by atoms with Gasteiger partial charge < -0.3 is 10.8 Å². The van der Waals surface area contributed by atoms with Gasteiger partial charge in [-0.05, 0) is 23.1 Å². The molecule has 0 aromatic heterocycles. The molecule has 0 fully saturated rings. The van der Waals surface area contributed by atoms with E-state index in [0.717, 1.165) is 11.1 Å². The smallest absolute Gasteiger partial charge is 0.0449 e. The molecule has 0 bridgehead atoms. The summed E-state index contributed by atoms with van der Waals surface area (Å²) < 4.78 is 0. The van der Waals surface area contributed by atoms with Crippen molar-refractivity contribution in [3.05, 3.63) is 71.3 Å². The molecule has 0 amide bonds. The monoisotopic (exact) mass is 289 g/mol. The van der Waals surface area contributed by atoms with Crippen molar-refractivity contribution >= 4 is 24.6 Å². The Labute approximate surface area is 126 Å². The van der Waals surface area contributed by atoms with E-state index in [0.29, 0.717) is 6.42 Å². The summed E-state index contributed by atoms with van der Waals surface area (Å²) in [5.41, 5.74) is 9.33. The van der Waals surface area contributed by atoms with Gasteiger partial charge in [0.25, 0.3) is 0 Å². The fourth-order valence-corrected chi connectivity index (χ4v) is 1.92. The van der Waals surface area contributed by atoms with Gasteiger partial charge in [0.2, 0.25) is 0 Å². The summed E-state index contributed by atoms with van der Waals surface area (Å²) in [5.74, 6) is 0. The van der Waals surface area contributed by atoms with E-state index in [4.69, 9.17) is 10.8 Å². The molecule has 2 aromatic carbocycles. The number of rotatable bonds is 5. The highest BCUT2D eigenvalue weighted by atomic mass is 35.5. The highest BCUT2D eigenvalue weighted by molar-refractivity contribution is 5.85. The van der Waals surface area contributed by atoms with Crippen LogP contribution in [0, 0.1) is 0 Å². The van der Waals surface area contributed by atoms with Crippen molar-refractivity contribution in [2.24, 2.45) is 5.73 Å². The highest BCUT2D eigenvalue weighted by Gasteiger charge is 2.03. The van der Waals surface area contributed by atoms with Gasteiger partial charge in [-0.1, -0.05) is 66.7 Å². The minimum Gasteiger partial charge on any atom is -0.396 e. The predicted molar refractivity (Wildman–Crippen MR) is 87.7 cm³/mol. The summed E-state index contributed by atoms with van der Waals surface area (Å²) in [4.78, 5) is 0. The third kappa shape index (κ3) is 4.82. The Bertz CT molecular complexity index is 522. The van der Waals surface area contributed by atoms with Crippen molar-refractivity contribution < 1.29 is 5.11 Å². The van der Waals surface area contributed by atoms with Crippen LogP contribution in [0.3, 0.4) is 0 Å². The molecule has 0 aliphatic rings. The van der Waals surface area contributed by atoms with Crippen LogP contribution in [-0.4, -0.2) is 11.7 Å². The van der Waals surface area contributed by atoms with Gasteiger partial charge in [-0.3, -0.25) is 0 Å². The van der Waals surface area contributed by atoms with E-state index in [1.807, 2.05) is 42.5 Å². The molecule has 106 valence electrons. The molecular weight excluding hydrogens is 270 g/mol. The van der Waals surface area contributed by atoms with Crippen LogP contribution in [0.25, 0.3) is 12.2 Å². The van der Waals surface area contributed by atoms with Crippen LogP contribution in [0.2, 0.25) is 0 Å². The average Bonchev–Trinajstić information content (AvgIpc) is 2.47. The Morgan fingerprint density at radius 3 is 2.00 bits per heavy atom. The van der Waals surface area contributed by atoms with Crippen molar-refractivity contribution in [3.63, 3.8) is 0 Å². The number of nitrogens with two attached hydrogens (primary N) is 1. The first-order valence-corrected chi connectivity index (χ1v) is 6.49. The molecule has 3 N–H and O–H groups in total. The Kier molecular flexibility index (Phi) is 7.02. The molecule has 0 aliphatic carbocycles. The second-order valence-electron chi connectivity index (χ2n) is 4.53. The standard InChI is InChI=1S/C17H19NO.ClH/c18-17(12-13-19)16-10-8-15(9-11-16)7-6-14-4-2-1-3-5-14;/h1-11,17,19H,12-13,18H2;1H/b7-6+;. The minimum atomic E-state index is -0.0860. The van der Waals surface area contributed by atoms with Gasteiger partial charge in [0.1, 0.15) is 0 Å². The lowest BCUT2D eigenvalue weighted by Gasteiger charge is -2.10. The van der Waals surface area contributed by atoms with Crippen LogP contribution < -0.4 is 5.73 Å². The maximum Gasteiger partial charge on any atom is 0.0449 e. The van der Waals surface area contributed by atoms with Gasteiger partial charge in [0.15, 0.2) is 0 Å². The van der Waals surface area contributed by atoms with Crippen molar-refractivity contribution in [1.29, 1.82) is 0 Å². The molecule has 0 radical (unpaired) electrons. The molecule has 1 unspecified atom stereocenters. The molecule has 0 heterocycles. The fourth-order valence-electron chi connectivity index (χ4n) is 1.92. The topological polar surface area (TPSA) is 46.2 Å². The third-order valence-electron chi connectivity index (χ3n) is 3.07. The van der Waals surface area contributed by atoms with Gasteiger partial charge in [-0.25, -0.2) is 0 Å². The number of hydrogen-bond donors (Lipinski definition) is 2. The number of halogens is 1. The maximum atomic E-state index is 8.87. The summed E-state index contributed by atoms with van der Waals surface area (Å²) >= 11 is 0. The molecule has 0 saturated heterocycles. The van der Waals surface area contributed by atoms with Crippen LogP contribution in [0.1, 0.15) is 29.2 Å². The zero-order valence-corrected chi connectivity index (χ0v) is 12.1. The lowest BCUT2D eigenvalue weighted by Crippen LogP contribution is -2.11. The van der Waals surface area contributed by atoms with Crippen molar-refractivity contribution in [2.45, 2.75) is 12.5 Å². The summed E-state index contributed by atoms with van der Waals surface area (Å²) in [6.07, 6.45) is 4.76. The molecule has 2 rings (SSSR count). The Morgan fingerprint density at radius 2 is 1.45 bits per heavy atom. The summed E-state index contributed by atoms with van der Waals surface area (Å²) in [5, 5.41) is 8.87. The highest BCUT2D eigenvalue weighted by Crippen LogP contribution is 2.16. The summed E-state index contributed by atoms with van der Waals surface area (Å²) in [6.45, 7) is 0.122. The second kappa shape index (κ2) is 8.54. The maximum absolute atomic E-state index is 8.87. The van der Waals surface area contributed by atoms with E-state index in [1.165, 1.54) is 5.56 Å². The van der Waals surface area contributed by atoms with Crippen LogP contribution in [0.5, 0.6) is 0 Å². The largest absolute Gasteiger partial charge is 0.396 e. The molecule has 2 nitrogen and oxygen atoms in total. The number of aliphatic hydroxyl groups is 1. The number of benzene rings is 2. The van der Waals surface area contributed by atoms with Crippen LogP contribution >= 0.6 is 12.4 Å². The van der Waals surface area contributed by atoms with Gasteiger partial charge in [0, 0.05) is 12.6 Å². The third-order valence-corrected chi connectivity index (χ3v) is 3.07. The summed E-state index contributed by atoms with van der Waals surface area (Å²) in [7, 11) is 0. The first-order valence-electron chi connectivity index (χ1n) is 6.49. The van der Waals surface area contributed by atoms with Crippen LogP contribution in [-0.2, 0) is 0 Å². The van der Waals surface area contributed by atoms with Crippen molar-refractivity contribution in [1.82, 2.24) is 0 Å². The Balaban J connectivity index is 0.00000200. The predicted octanol–water partition coefficient (Wildman–Crippen LogP) is 3.66. The Morgan fingerprint density at radius 1 is 0.900 bits per heavy atom. The van der Waals surface area contributed by atoms with Crippen LogP contribution in [0.4, 0.5) is 0 Å². The second-order valence-corrected chi connectivity index (χ2v) is 4.53. The van der Waals surface area contributed by atoms with Crippen LogP contribution in [0.15, 0.2) is 54.6 Å². The zero-order valence-electron chi connectivity index (χ0n) is 11.3. The van der Waals surface area contributed by atoms with E-state index in [-0.39, 0.29) is 25.1 Å². The van der Waals surface area contributed by atoms with E-state index in [1.54, 1.807) is 0 Å². The first kappa shape index (κ1) is 16.4. The van der Waals surface area contributed by atoms with Gasteiger partial charge in [-0.15, -0.1) is 12.4 Å². The molecule has 3 heteroatoms.